The highest BCUT2D eigenvalue weighted by Crippen LogP contribution is 2.20. The second-order valence-electron chi connectivity index (χ2n) is 8.76. The van der Waals surface area contributed by atoms with Crippen molar-refractivity contribution in [2.75, 3.05) is 13.1 Å². The minimum atomic E-state index is 0.162. The summed E-state index contributed by atoms with van der Waals surface area (Å²) >= 11 is 0. The first kappa shape index (κ1) is 25.2. The maximum absolute atomic E-state index is 13.0. The molecule has 0 bridgehead atoms. The molecule has 0 aliphatic carbocycles. The van der Waals surface area contributed by atoms with Crippen molar-refractivity contribution < 1.29 is 4.79 Å². The van der Waals surface area contributed by atoms with Crippen LogP contribution in [0.2, 0.25) is 0 Å². The lowest BCUT2D eigenvalue weighted by Crippen LogP contribution is -2.31. The second-order valence-corrected chi connectivity index (χ2v) is 8.76. The van der Waals surface area contributed by atoms with Gasteiger partial charge in [-0.3, -0.25) is 4.79 Å². The smallest absolute Gasteiger partial charge is 0.246 e. The highest BCUT2D eigenvalue weighted by atomic mass is 16.2. The van der Waals surface area contributed by atoms with Crippen LogP contribution in [0.4, 0.5) is 0 Å². The van der Waals surface area contributed by atoms with Gasteiger partial charge < -0.3 is 4.90 Å². The Morgan fingerprint density at radius 3 is 1.90 bits per heavy atom. The summed E-state index contributed by atoms with van der Waals surface area (Å²) in [4.78, 5) is 15.1. The first-order chi connectivity index (χ1) is 15.3. The Balaban J connectivity index is 1.92. The highest BCUT2D eigenvalue weighted by Gasteiger charge is 2.10. The molecule has 0 radical (unpaired) electrons. The quantitative estimate of drug-likeness (QED) is 0.197. The van der Waals surface area contributed by atoms with Crippen LogP contribution in [0, 0.1) is 0 Å². The fraction of sp³-hybridized carbons (Fsp3) is 0.552. The van der Waals surface area contributed by atoms with Crippen LogP contribution in [-0.2, 0) is 4.79 Å². The lowest BCUT2D eigenvalue weighted by molar-refractivity contribution is -0.126. The van der Waals surface area contributed by atoms with E-state index in [1.165, 1.54) is 75.0 Å². The van der Waals surface area contributed by atoms with Crippen molar-refractivity contribution in [2.45, 2.75) is 90.9 Å². The molecule has 1 amide bonds. The molecule has 0 atom stereocenters. The summed E-state index contributed by atoms with van der Waals surface area (Å²) in [5.74, 6) is 0.162. The van der Waals surface area contributed by atoms with Crippen LogP contribution in [0.25, 0.3) is 16.8 Å². The van der Waals surface area contributed by atoms with Crippen LogP contribution >= 0.6 is 0 Å². The Bertz CT molecular complexity index is 758. The number of benzene rings is 2. The predicted molar refractivity (Wildman–Crippen MR) is 136 cm³/mol. The lowest BCUT2D eigenvalue weighted by Gasteiger charge is -2.21. The Kier molecular flexibility index (Phi) is 12.7. The fourth-order valence-corrected chi connectivity index (χ4v) is 4.16. The van der Waals surface area contributed by atoms with E-state index in [0.29, 0.717) is 0 Å². The van der Waals surface area contributed by atoms with Crippen molar-refractivity contribution >= 4 is 22.8 Å². The van der Waals surface area contributed by atoms with Gasteiger partial charge in [-0.05, 0) is 35.3 Å². The highest BCUT2D eigenvalue weighted by molar-refractivity contribution is 5.96. The molecule has 2 aromatic rings. The van der Waals surface area contributed by atoms with E-state index in [0.717, 1.165) is 31.5 Å². The van der Waals surface area contributed by atoms with Gasteiger partial charge in [-0.1, -0.05) is 121 Å². The number of nitrogens with zero attached hydrogens (tertiary/aromatic N) is 1. The zero-order valence-electron chi connectivity index (χ0n) is 20.0. The second kappa shape index (κ2) is 15.7. The molecule has 2 rings (SSSR count). The van der Waals surface area contributed by atoms with E-state index in [4.69, 9.17) is 0 Å². The molecule has 0 saturated carbocycles. The van der Waals surface area contributed by atoms with E-state index < -0.39 is 0 Å². The van der Waals surface area contributed by atoms with E-state index in [2.05, 4.69) is 61.2 Å². The molecular weight excluding hydrogens is 378 g/mol. The van der Waals surface area contributed by atoms with Gasteiger partial charge in [-0.2, -0.15) is 0 Å². The van der Waals surface area contributed by atoms with Crippen LogP contribution in [-0.4, -0.2) is 23.9 Å². The van der Waals surface area contributed by atoms with Crippen molar-refractivity contribution in [1.29, 1.82) is 0 Å². The molecule has 0 N–H and O–H groups in total. The van der Waals surface area contributed by atoms with Crippen LogP contribution < -0.4 is 0 Å². The Morgan fingerprint density at radius 2 is 1.26 bits per heavy atom. The third-order valence-corrected chi connectivity index (χ3v) is 6.10. The van der Waals surface area contributed by atoms with E-state index in [1.807, 2.05) is 6.08 Å². The molecule has 0 saturated heterocycles. The van der Waals surface area contributed by atoms with Crippen LogP contribution in [0.5, 0.6) is 0 Å². The van der Waals surface area contributed by atoms with Crippen molar-refractivity contribution in [2.24, 2.45) is 0 Å². The van der Waals surface area contributed by atoms with Gasteiger partial charge in [0.15, 0.2) is 0 Å². The minimum Gasteiger partial charge on any atom is -0.339 e. The average Bonchev–Trinajstić information content (AvgIpc) is 2.80. The van der Waals surface area contributed by atoms with Crippen molar-refractivity contribution in [3.63, 3.8) is 0 Å². The van der Waals surface area contributed by atoms with Gasteiger partial charge in [0.1, 0.15) is 0 Å². The van der Waals surface area contributed by atoms with Gasteiger partial charge in [0.25, 0.3) is 0 Å². The van der Waals surface area contributed by atoms with Crippen molar-refractivity contribution in [3.8, 4) is 0 Å². The van der Waals surface area contributed by atoms with Gasteiger partial charge in [-0.25, -0.2) is 0 Å². The monoisotopic (exact) mass is 421 g/mol. The summed E-state index contributed by atoms with van der Waals surface area (Å²) in [7, 11) is 0. The van der Waals surface area contributed by atoms with Crippen LogP contribution in [0.3, 0.4) is 0 Å². The zero-order valence-corrected chi connectivity index (χ0v) is 20.0. The van der Waals surface area contributed by atoms with Crippen LogP contribution in [0.1, 0.15) is 96.5 Å². The lowest BCUT2D eigenvalue weighted by atomic mass is 10.0. The molecule has 2 aromatic carbocycles. The topological polar surface area (TPSA) is 20.3 Å². The number of hydrogen-bond acceptors (Lipinski definition) is 1. The van der Waals surface area contributed by atoms with Gasteiger partial charge in [-0.15, -0.1) is 0 Å². The molecule has 170 valence electrons. The Labute approximate surface area is 190 Å². The number of carbonyl (C=O) groups excluding carboxylic acids is 1. The Morgan fingerprint density at radius 1 is 0.710 bits per heavy atom. The molecule has 2 nitrogen and oxygen atoms in total. The first-order valence-electron chi connectivity index (χ1n) is 12.7. The molecule has 0 aliphatic heterocycles. The summed E-state index contributed by atoms with van der Waals surface area (Å²) in [6.45, 7) is 6.28. The fourth-order valence-electron chi connectivity index (χ4n) is 4.16. The molecule has 0 aliphatic rings. The number of carbonyl (C=O) groups is 1. The molecule has 0 spiro atoms. The van der Waals surface area contributed by atoms with Gasteiger partial charge in [0.2, 0.25) is 5.91 Å². The number of amides is 1. The summed E-state index contributed by atoms with van der Waals surface area (Å²) in [6.07, 6.45) is 18.9. The first-order valence-corrected chi connectivity index (χ1v) is 12.7. The average molecular weight is 422 g/mol. The van der Waals surface area contributed by atoms with E-state index >= 15 is 0 Å². The molecule has 0 heterocycles. The number of fused-ring (bicyclic) bond motifs is 1. The van der Waals surface area contributed by atoms with E-state index in [-0.39, 0.29) is 5.91 Å². The Hall–Kier alpha value is -2.09. The minimum absolute atomic E-state index is 0.162. The predicted octanol–water partition coefficient (Wildman–Crippen LogP) is 8.40. The third-order valence-electron chi connectivity index (χ3n) is 6.10. The summed E-state index contributed by atoms with van der Waals surface area (Å²) in [6, 6.07) is 14.7. The van der Waals surface area contributed by atoms with Crippen molar-refractivity contribution in [1.82, 2.24) is 4.90 Å². The third kappa shape index (κ3) is 9.72. The number of hydrogen-bond donors (Lipinski definition) is 0. The van der Waals surface area contributed by atoms with Gasteiger partial charge in [0, 0.05) is 19.2 Å². The van der Waals surface area contributed by atoms with E-state index in [1.54, 1.807) is 6.08 Å². The summed E-state index contributed by atoms with van der Waals surface area (Å²) < 4.78 is 0. The van der Waals surface area contributed by atoms with Gasteiger partial charge >= 0.3 is 0 Å². The summed E-state index contributed by atoms with van der Waals surface area (Å²) in [5.41, 5.74) is 1.12. The molecule has 0 unspecified atom stereocenters. The van der Waals surface area contributed by atoms with Gasteiger partial charge in [0.05, 0.1) is 0 Å². The molecule has 0 fully saturated rings. The number of rotatable bonds is 16. The number of unbranched alkanes of at least 4 members (excludes halogenated alkanes) is 10. The normalized spacial score (nSPS) is 11.4. The maximum Gasteiger partial charge on any atom is 0.246 e. The molecular formula is C29H43NO. The largest absolute Gasteiger partial charge is 0.339 e. The summed E-state index contributed by atoms with van der Waals surface area (Å²) in [5, 5.41) is 2.42. The maximum atomic E-state index is 13.0. The van der Waals surface area contributed by atoms with Crippen molar-refractivity contribution in [3.05, 3.63) is 54.1 Å². The standard InChI is InChI=1S/C29H43NO/c1-3-5-7-9-11-15-24-30(25-16-12-10-8-6-4-2)29(31)23-22-27-20-17-19-26-18-13-14-21-28(26)27/h13-14,17-23H,3-12,15-16,24-25H2,1-2H3/b23-22+. The molecule has 2 heteroatoms. The van der Waals surface area contributed by atoms with E-state index in [9.17, 15) is 4.79 Å². The molecule has 0 aromatic heterocycles. The van der Waals surface area contributed by atoms with Crippen LogP contribution in [0.15, 0.2) is 48.5 Å². The zero-order chi connectivity index (χ0) is 22.2. The SMILES string of the molecule is CCCCCCCCN(CCCCCCCC)C(=O)/C=C/c1cccc2ccccc12. The molecule has 31 heavy (non-hydrogen) atoms.